The van der Waals surface area contributed by atoms with Crippen LogP contribution in [0.4, 0.5) is 0 Å². The van der Waals surface area contributed by atoms with Gasteiger partial charge in [-0.05, 0) is 5.56 Å². The van der Waals surface area contributed by atoms with Gasteiger partial charge < -0.3 is 14.6 Å². The van der Waals surface area contributed by atoms with Crippen molar-refractivity contribution < 1.29 is 19.4 Å². The number of nitrogens with zero attached hydrogens (tertiary/aromatic N) is 3. The zero-order valence-electron chi connectivity index (χ0n) is 15.7. The van der Waals surface area contributed by atoms with Crippen LogP contribution in [-0.2, 0) is 0 Å². The molecule has 7 nitrogen and oxygen atoms in total. The standard InChI is InChI=1S/C21H17N3O4S/c1-4-12-5-7-13(8-6-12)18-19(20(25)26)29-21(23-18)24-11-22-14-9-16(27-2)17(28-3)10-15(14)24/h4-11H,1H2,2-3H3,(H,25,26). The van der Waals surface area contributed by atoms with Crippen molar-refractivity contribution in [2.45, 2.75) is 0 Å². The van der Waals surface area contributed by atoms with Crippen molar-refractivity contribution in [1.82, 2.24) is 14.5 Å². The molecule has 1 N–H and O–H groups in total. The summed E-state index contributed by atoms with van der Waals surface area (Å²) in [6.45, 7) is 3.74. The third-order valence-corrected chi connectivity index (χ3v) is 5.53. The Bertz CT molecular complexity index is 1220. The van der Waals surface area contributed by atoms with E-state index in [2.05, 4.69) is 16.5 Å². The largest absolute Gasteiger partial charge is 0.493 e. The number of thiazole rings is 1. The average molecular weight is 407 g/mol. The zero-order chi connectivity index (χ0) is 20.5. The van der Waals surface area contributed by atoms with E-state index in [1.165, 1.54) is 0 Å². The molecule has 0 fully saturated rings. The Balaban J connectivity index is 1.87. The van der Waals surface area contributed by atoms with Crippen LogP contribution in [0, 0.1) is 0 Å². The first-order valence-electron chi connectivity index (χ1n) is 8.62. The highest BCUT2D eigenvalue weighted by Gasteiger charge is 2.21. The summed E-state index contributed by atoms with van der Waals surface area (Å²) in [4.78, 5) is 21.0. The number of fused-ring (bicyclic) bond motifs is 1. The van der Waals surface area contributed by atoms with Crippen LogP contribution >= 0.6 is 11.3 Å². The van der Waals surface area contributed by atoms with Gasteiger partial charge in [0.1, 0.15) is 11.2 Å². The molecule has 0 spiro atoms. The SMILES string of the molecule is C=Cc1ccc(-c2nc(-n3cnc4cc(OC)c(OC)cc43)sc2C(=O)O)cc1. The third-order valence-electron chi connectivity index (χ3n) is 4.49. The van der Waals surface area contributed by atoms with Gasteiger partial charge in [0.05, 0.1) is 30.9 Å². The van der Waals surface area contributed by atoms with Gasteiger partial charge in [-0.3, -0.25) is 4.57 Å². The van der Waals surface area contributed by atoms with E-state index < -0.39 is 5.97 Å². The lowest BCUT2D eigenvalue weighted by atomic mass is 10.1. The van der Waals surface area contributed by atoms with Crippen molar-refractivity contribution in [2.24, 2.45) is 0 Å². The number of carboxylic acids is 1. The van der Waals surface area contributed by atoms with Crippen LogP contribution < -0.4 is 9.47 Å². The van der Waals surface area contributed by atoms with Crippen molar-refractivity contribution in [2.75, 3.05) is 14.2 Å². The van der Waals surface area contributed by atoms with Gasteiger partial charge in [-0.25, -0.2) is 14.8 Å². The summed E-state index contributed by atoms with van der Waals surface area (Å²) < 4.78 is 12.4. The zero-order valence-corrected chi connectivity index (χ0v) is 16.6. The Hall–Kier alpha value is -3.65. The van der Waals surface area contributed by atoms with Gasteiger partial charge in [0.2, 0.25) is 0 Å². The molecule has 0 radical (unpaired) electrons. The summed E-state index contributed by atoms with van der Waals surface area (Å²) in [6, 6.07) is 11.0. The van der Waals surface area contributed by atoms with E-state index >= 15 is 0 Å². The average Bonchev–Trinajstić information content (AvgIpc) is 3.36. The summed E-state index contributed by atoms with van der Waals surface area (Å²) in [5.41, 5.74) is 3.51. The summed E-state index contributed by atoms with van der Waals surface area (Å²) in [5, 5.41) is 10.2. The maximum atomic E-state index is 11.8. The molecule has 4 rings (SSSR count). The lowest BCUT2D eigenvalue weighted by Crippen LogP contribution is -1.95. The lowest BCUT2D eigenvalue weighted by molar-refractivity contribution is 0.0702. The van der Waals surface area contributed by atoms with Gasteiger partial charge in [0.25, 0.3) is 0 Å². The van der Waals surface area contributed by atoms with Gasteiger partial charge >= 0.3 is 5.97 Å². The number of methoxy groups -OCH3 is 2. The van der Waals surface area contributed by atoms with Crippen LogP contribution in [0.5, 0.6) is 11.5 Å². The number of carboxylic acid groups (broad SMARTS) is 1. The number of benzene rings is 2. The van der Waals surface area contributed by atoms with Crippen molar-refractivity contribution in [3.05, 3.63) is 59.7 Å². The van der Waals surface area contributed by atoms with Gasteiger partial charge in [-0.1, -0.05) is 48.3 Å². The number of rotatable bonds is 6. The fourth-order valence-corrected chi connectivity index (χ4v) is 3.93. The summed E-state index contributed by atoms with van der Waals surface area (Å²) >= 11 is 1.09. The van der Waals surface area contributed by atoms with E-state index in [-0.39, 0.29) is 4.88 Å². The molecule has 0 unspecified atom stereocenters. The van der Waals surface area contributed by atoms with E-state index in [4.69, 9.17) is 9.47 Å². The van der Waals surface area contributed by atoms with Crippen LogP contribution in [0.1, 0.15) is 15.2 Å². The fraction of sp³-hybridized carbons (Fsp3) is 0.0952. The molecule has 0 amide bonds. The monoisotopic (exact) mass is 407 g/mol. The number of aromatic carboxylic acids is 1. The fourth-order valence-electron chi connectivity index (χ4n) is 3.02. The molecule has 4 aromatic rings. The Morgan fingerprint density at radius 2 is 1.86 bits per heavy atom. The molecule has 0 aliphatic heterocycles. The van der Waals surface area contributed by atoms with Crippen molar-refractivity contribution in [1.29, 1.82) is 0 Å². The molecule has 0 saturated carbocycles. The molecular formula is C21H17N3O4S. The molecular weight excluding hydrogens is 390 g/mol. The number of aromatic nitrogens is 3. The molecule has 2 aromatic heterocycles. The molecule has 146 valence electrons. The molecule has 0 aliphatic carbocycles. The minimum atomic E-state index is -1.03. The number of hydrogen-bond donors (Lipinski definition) is 1. The predicted molar refractivity (Wildman–Crippen MR) is 112 cm³/mol. The van der Waals surface area contributed by atoms with E-state index in [1.807, 2.05) is 24.3 Å². The van der Waals surface area contributed by atoms with Crippen molar-refractivity contribution in [3.63, 3.8) is 0 Å². The predicted octanol–water partition coefficient (Wildman–Crippen LogP) is 4.51. The molecule has 8 heteroatoms. The lowest BCUT2D eigenvalue weighted by Gasteiger charge is -2.07. The molecule has 0 aliphatic rings. The van der Waals surface area contributed by atoms with Crippen molar-refractivity contribution >= 4 is 34.4 Å². The van der Waals surface area contributed by atoms with Gasteiger partial charge in [0, 0.05) is 17.7 Å². The maximum absolute atomic E-state index is 11.8. The Morgan fingerprint density at radius 1 is 1.17 bits per heavy atom. The van der Waals surface area contributed by atoms with E-state index in [0.29, 0.717) is 27.8 Å². The first-order chi connectivity index (χ1) is 14.0. The normalized spacial score (nSPS) is 10.8. The Morgan fingerprint density at radius 3 is 2.48 bits per heavy atom. The van der Waals surface area contributed by atoms with Crippen LogP contribution in [-0.4, -0.2) is 39.8 Å². The summed E-state index contributed by atoms with van der Waals surface area (Å²) in [7, 11) is 3.12. The van der Waals surface area contributed by atoms with Crippen LogP contribution in [0.25, 0.3) is 33.5 Å². The first-order valence-corrected chi connectivity index (χ1v) is 9.43. The molecule has 29 heavy (non-hydrogen) atoms. The second kappa shape index (κ2) is 7.40. The highest BCUT2D eigenvalue weighted by molar-refractivity contribution is 7.16. The number of imidazole rings is 1. The smallest absolute Gasteiger partial charge is 0.348 e. The Labute approximate surface area is 170 Å². The van der Waals surface area contributed by atoms with Gasteiger partial charge in [-0.15, -0.1) is 0 Å². The summed E-state index contributed by atoms with van der Waals surface area (Å²) in [6.07, 6.45) is 3.34. The minimum Gasteiger partial charge on any atom is -0.493 e. The van der Waals surface area contributed by atoms with Gasteiger partial charge in [-0.2, -0.15) is 0 Å². The van der Waals surface area contributed by atoms with Crippen LogP contribution in [0.3, 0.4) is 0 Å². The highest BCUT2D eigenvalue weighted by Crippen LogP contribution is 2.35. The van der Waals surface area contributed by atoms with E-state index in [9.17, 15) is 9.90 Å². The number of ether oxygens (including phenoxy) is 2. The second-order valence-electron chi connectivity index (χ2n) is 6.12. The van der Waals surface area contributed by atoms with Crippen molar-refractivity contribution in [3.8, 4) is 27.9 Å². The molecule has 2 aromatic carbocycles. The van der Waals surface area contributed by atoms with Gasteiger partial charge in [0.15, 0.2) is 16.6 Å². The minimum absolute atomic E-state index is 0.161. The second-order valence-corrected chi connectivity index (χ2v) is 7.09. The summed E-state index contributed by atoms with van der Waals surface area (Å²) in [5.74, 6) is 0.0934. The van der Waals surface area contributed by atoms with E-state index in [0.717, 1.165) is 28.0 Å². The maximum Gasteiger partial charge on any atom is 0.348 e. The molecule has 0 atom stereocenters. The molecule has 2 heterocycles. The number of carbonyl (C=O) groups is 1. The van der Waals surface area contributed by atoms with E-state index in [1.54, 1.807) is 43.3 Å². The van der Waals surface area contributed by atoms with Crippen LogP contribution in [0.15, 0.2) is 49.3 Å². The molecule has 0 bridgehead atoms. The molecule has 0 saturated heterocycles. The Kier molecular flexibility index (Phi) is 4.77. The quantitative estimate of drug-likeness (QED) is 0.506. The first kappa shape index (κ1) is 18.7. The van der Waals surface area contributed by atoms with Crippen LogP contribution in [0.2, 0.25) is 0 Å². The number of hydrogen-bond acceptors (Lipinski definition) is 6. The topological polar surface area (TPSA) is 86.5 Å². The highest BCUT2D eigenvalue weighted by atomic mass is 32.1. The third kappa shape index (κ3) is 3.23.